The van der Waals surface area contributed by atoms with Crippen LogP contribution in [0.5, 0.6) is 11.5 Å². The van der Waals surface area contributed by atoms with Gasteiger partial charge >= 0.3 is 0 Å². The van der Waals surface area contributed by atoms with Crippen LogP contribution in [0.25, 0.3) is 0 Å². The average Bonchev–Trinajstić information content (AvgIpc) is 2.83. The van der Waals surface area contributed by atoms with Crippen LogP contribution < -0.4 is 9.47 Å². The maximum atomic E-state index is 12.5. The summed E-state index contributed by atoms with van der Waals surface area (Å²) in [6, 6.07) is 4.46. The Morgan fingerprint density at radius 2 is 1.96 bits per heavy atom. The van der Waals surface area contributed by atoms with Gasteiger partial charge < -0.3 is 24.4 Å². The van der Waals surface area contributed by atoms with Gasteiger partial charge in [0.1, 0.15) is 11.5 Å². The van der Waals surface area contributed by atoms with E-state index in [-0.39, 0.29) is 11.4 Å². The number of ether oxygens (including phenoxy) is 2. The summed E-state index contributed by atoms with van der Waals surface area (Å²) in [5.74, 6) is -0.317. The van der Waals surface area contributed by atoms with Crippen molar-refractivity contribution in [2.45, 2.75) is 13.0 Å². The third-order valence-electron chi connectivity index (χ3n) is 4.20. The zero-order chi connectivity index (χ0) is 18.7. The van der Waals surface area contributed by atoms with Gasteiger partial charge in [0.15, 0.2) is 11.5 Å². The quantitative estimate of drug-likeness (QED) is 0.805. The lowest BCUT2D eigenvalue weighted by molar-refractivity contribution is -0.129. The van der Waals surface area contributed by atoms with Crippen LogP contribution in [-0.4, -0.2) is 68.0 Å². The van der Waals surface area contributed by atoms with Gasteiger partial charge in [-0.2, -0.15) is 0 Å². The lowest BCUT2D eigenvalue weighted by atomic mass is 9.95. The van der Waals surface area contributed by atoms with Gasteiger partial charge in [-0.1, -0.05) is 0 Å². The number of carbonyl (C=O) groups excluding carboxylic acids is 2. The summed E-state index contributed by atoms with van der Waals surface area (Å²) in [5.41, 5.74) is 0.679. The van der Waals surface area contributed by atoms with E-state index in [4.69, 9.17) is 9.47 Å². The number of hydrogen-bond donors (Lipinski definition) is 1. The fourth-order valence-corrected chi connectivity index (χ4v) is 2.93. The Hall–Kier alpha value is -2.54. The molecular weight excluding hydrogens is 324 g/mol. The maximum Gasteiger partial charge on any atom is 0.290 e. The molecular formula is C18H24N2O5. The van der Waals surface area contributed by atoms with Crippen LogP contribution in [-0.2, 0) is 9.59 Å². The Bertz CT molecular complexity index is 711. The van der Waals surface area contributed by atoms with E-state index >= 15 is 0 Å². The first-order valence-corrected chi connectivity index (χ1v) is 7.93. The Morgan fingerprint density at radius 1 is 1.28 bits per heavy atom. The number of ketones is 1. The van der Waals surface area contributed by atoms with E-state index in [0.29, 0.717) is 30.2 Å². The summed E-state index contributed by atoms with van der Waals surface area (Å²) in [6.45, 7) is 2.29. The molecule has 0 radical (unpaired) electrons. The molecule has 1 aromatic rings. The number of aliphatic hydroxyl groups is 1. The topological polar surface area (TPSA) is 79.3 Å². The van der Waals surface area contributed by atoms with Gasteiger partial charge in [-0.15, -0.1) is 0 Å². The van der Waals surface area contributed by atoms with Crippen molar-refractivity contribution >= 4 is 11.7 Å². The maximum absolute atomic E-state index is 12.5. The smallest absolute Gasteiger partial charge is 0.290 e. The normalized spacial score (nSPS) is 17.4. The average molecular weight is 348 g/mol. The number of Topliss-reactive ketones (excluding diaryl/α,β-unsaturated/α-hetero) is 1. The number of benzene rings is 1. The Balaban J connectivity index is 2.58. The van der Waals surface area contributed by atoms with E-state index in [0.717, 1.165) is 0 Å². The largest absolute Gasteiger partial charge is 0.503 e. The third-order valence-corrected chi connectivity index (χ3v) is 4.20. The summed E-state index contributed by atoms with van der Waals surface area (Å²) < 4.78 is 10.7. The second kappa shape index (κ2) is 7.57. The highest BCUT2D eigenvalue weighted by molar-refractivity contribution is 6.08. The number of aliphatic hydroxyl groups excluding tert-OH is 1. The van der Waals surface area contributed by atoms with Crippen molar-refractivity contribution in [3.05, 3.63) is 35.1 Å². The van der Waals surface area contributed by atoms with Crippen LogP contribution in [0.4, 0.5) is 0 Å². The number of amides is 1. The number of methoxy groups -OCH3 is 2. The minimum atomic E-state index is -0.713. The van der Waals surface area contributed by atoms with Gasteiger partial charge in [-0.25, -0.2) is 0 Å². The van der Waals surface area contributed by atoms with Crippen LogP contribution >= 0.6 is 0 Å². The minimum Gasteiger partial charge on any atom is -0.503 e. The molecule has 0 aliphatic carbocycles. The van der Waals surface area contributed by atoms with E-state index in [1.54, 1.807) is 18.2 Å². The molecule has 7 nitrogen and oxygen atoms in total. The lowest BCUT2D eigenvalue weighted by Crippen LogP contribution is -2.36. The van der Waals surface area contributed by atoms with Gasteiger partial charge in [0.05, 0.1) is 25.8 Å². The van der Waals surface area contributed by atoms with Gasteiger partial charge in [0, 0.05) is 18.7 Å². The van der Waals surface area contributed by atoms with Gasteiger partial charge in [-0.3, -0.25) is 9.59 Å². The van der Waals surface area contributed by atoms with Crippen LogP contribution in [0.15, 0.2) is 29.5 Å². The van der Waals surface area contributed by atoms with Gasteiger partial charge in [0.25, 0.3) is 5.91 Å². The van der Waals surface area contributed by atoms with Crippen LogP contribution in [0.3, 0.4) is 0 Å². The number of carbonyl (C=O) groups is 2. The molecule has 25 heavy (non-hydrogen) atoms. The van der Waals surface area contributed by atoms with E-state index in [9.17, 15) is 14.7 Å². The first-order valence-electron chi connectivity index (χ1n) is 7.93. The highest BCUT2D eigenvalue weighted by atomic mass is 16.5. The van der Waals surface area contributed by atoms with Crippen molar-refractivity contribution in [1.29, 1.82) is 0 Å². The molecule has 0 aromatic heterocycles. The molecule has 1 heterocycles. The predicted molar refractivity (Wildman–Crippen MR) is 92.9 cm³/mol. The zero-order valence-electron chi connectivity index (χ0n) is 15.2. The number of likely N-dealkylation sites (N-methyl/N-ethyl adjacent to an activating group) is 1. The predicted octanol–water partition coefficient (Wildman–Crippen LogP) is 1.55. The molecule has 0 saturated carbocycles. The molecule has 0 bridgehead atoms. The molecule has 7 heteroatoms. The number of nitrogens with zero attached hydrogens (tertiary/aromatic N) is 2. The van der Waals surface area contributed by atoms with E-state index in [1.807, 2.05) is 19.0 Å². The summed E-state index contributed by atoms with van der Waals surface area (Å²) >= 11 is 0. The van der Waals surface area contributed by atoms with Crippen molar-refractivity contribution in [3.8, 4) is 11.5 Å². The fourth-order valence-electron chi connectivity index (χ4n) is 2.93. The highest BCUT2D eigenvalue weighted by Crippen LogP contribution is 2.42. The van der Waals surface area contributed by atoms with Crippen LogP contribution in [0.2, 0.25) is 0 Å². The van der Waals surface area contributed by atoms with E-state index < -0.39 is 17.7 Å². The first-order chi connectivity index (χ1) is 11.8. The summed E-state index contributed by atoms with van der Waals surface area (Å²) in [7, 11) is 6.83. The monoisotopic (exact) mass is 348 g/mol. The molecule has 1 amide bonds. The minimum absolute atomic E-state index is 0.0790. The molecule has 2 rings (SSSR count). The molecule has 1 aromatic carbocycles. The molecule has 0 spiro atoms. The van der Waals surface area contributed by atoms with Gasteiger partial charge in [-0.05, 0) is 39.2 Å². The summed E-state index contributed by atoms with van der Waals surface area (Å²) in [4.78, 5) is 28.1. The molecule has 1 atom stereocenters. The summed E-state index contributed by atoms with van der Waals surface area (Å²) in [6.07, 6.45) is 0. The molecule has 0 saturated heterocycles. The van der Waals surface area contributed by atoms with Crippen LogP contribution in [0.1, 0.15) is 18.5 Å². The van der Waals surface area contributed by atoms with Crippen molar-refractivity contribution < 1.29 is 24.2 Å². The zero-order valence-corrected chi connectivity index (χ0v) is 15.2. The molecule has 1 aliphatic heterocycles. The molecule has 1 N–H and O–H groups in total. The number of rotatable bonds is 7. The third kappa shape index (κ3) is 3.61. The second-order valence-corrected chi connectivity index (χ2v) is 6.13. The lowest BCUT2D eigenvalue weighted by Gasteiger charge is -2.29. The number of hydrogen-bond acceptors (Lipinski definition) is 6. The standard InChI is InChI=1S/C18H24N2O5/c1-11(21)15-16(13-10-12(24-4)6-7-14(13)25-5)20(9-8-19(2)3)18(23)17(15)22/h6-7,10,16,22H,8-9H2,1-5H3/t16-/m0/s1. The SMILES string of the molecule is COc1ccc(OC)c([C@H]2C(C(C)=O)=C(O)C(=O)N2CCN(C)C)c1. The van der Waals surface area contributed by atoms with Gasteiger partial charge in [0.2, 0.25) is 0 Å². The molecule has 0 unspecified atom stereocenters. The van der Waals surface area contributed by atoms with Crippen molar-refractivity contribution in [2.24, 2.45) is 0 Å². The summed E-state index contributed by atoms with van der Waals surface area (Å²) in [5, 5.41) is 10.3. The molecule has 1 aliphatic rings. The van der Waals surface area contributed by atoms with Crippen molar-refractivity contribution in [2.75, 3.05) is 41.4 Å². The highest BCUT2D eigenvalue weighted by Gasteiger charge is 2.43. The fraction of sp³-hybridized carbons (Fsp3) is 0.444. The molecule has 136 valence electrons. The van der Waals surface area contributed by atoms with Crippen molar-refractivity contribution in [1.82, 2.24) is 9.80 Å². The van der Waals surface area contributed by atoms with Crippen molar-refractivity contribution in [3.63, 3.8) is 0 Å². The second-order valence-electron chi connectivity index (χ2n) is 6.13. The van der Waals surface area contributed by atoms with E-state index in [2.05, 4.69) is 0 Å². The molecule has 0 fully saturated rings. The Labute approximate surface area is 147 Å². The van der Waals surface area contributed by atoms with Crippen LogP contribution in [0, 0.1) is 0 Å². The Morgan fingerprint density at radius 3 is 2.48 bits per heavy atom. The van der Waals surface area contributed by atoms with E-state index in [1.165, 1.54) is 26.0 Å². The Kier molecular flexibility index (Phi) is 5.69. The first kappa shape index (κ1) is 18.8.